The number of hydrogen-bond donors (Lipinski definition) is 2. The lowest BCUT2D eigenvalue weighted by Gasteiger charge is -2.11. The van der Waals surface area contributed by atoms with Gasteiger partial charge in [-0.05, 0) is 48.6 Å². The molecule has 0 aliphatic heterocycles. The van der Waals surface area contributed by atoms with Crippen molar-refractivity contribution in [1.29, 1.82) is 0 Å². The van der Waals surface area contributed by atoms with Crippen LogP contribution in [0, 0.1) is 0 Å². The summed E-state index contributed by atoms with van der Waals surface area (Å²) >= 11 is 0. The Hall–Kier alpha value is -6.72. The van der Waals surface area contributed by atoms with Gasteiger partial charge in [0.25, 0.3) is 0 Å². The molecule has 0 unspecified atom stereocenters. The number of nitrogens with two attached hydrogens (primary N) is 2. The molecule has 0 aliphatic rings. The van der Waals surface area contributed by atoms with Crippen molar-refractivity contribution in [2.45, 2.75) is 13.1 Å². The lowest BCUT2D eigenvalue weighted by molar-refractivity contribution is 0.898. The zero-order valence-corrected chi connectivity index (χ0v) is 28.2. The molecule has 246 valence electrons. The van der Waals surface area contributed by atoms with Gasteiger partial charge in [0.05, 0.1) is 27.9 Å². The highest BCUT2D eigenvalue weighted by Gasteiger charge is 2.19. The Morgan fingerprint density at radius 3 is 1.39 bits per heavy atom. The van der Waals surface area contributed by atoms with Crippen molar-refractivity contribution in [2.24, 2.45) is 11.5 Å². The number of benzene rings is 6. The number of rotatable bonds is 8. The van der Waals surface area contributed by atoms with E-state index in [9.17, 15) is 0 Å². The van der Waals surface area contributed by atoms with E-state index in [4.69, 9.17) is 11.5 Å². The van der Waals surface area contributed by atoms with Crippen molar-refractivity contribution in [3.8, 4) is 5.69 Å². The molecule has 0 spiro atoms. The Bertz CT molecular complexity index is 2820. The summed E-state index contributed by atoms with van der Waals surface area (Å²) in [4.78, 5) is 0. The van der Waals surface area contributed by atoms with E-state index < -0.39 is 0 Å². The van der Waals surface area contributed by atoms with E-state index >= 15 is 0 Å². The van der Waals surface area contributed by atoms with Crippen LogP contribution in [0.5, 0.6) is 0 Å². The second-order valence-corrected chi connectivity index (χ2v) is 12.9. The molecule has 4 N–H and O–H groups in total. The van der Waals surface area contributed by atoms with Crippen molar-refractivity contribution >= 4 is 65.4 Å². The van der Waals surface area contributed by atoms with Crippen molar-refractivity contribution in [3.63, 3.8) is 0 Å². The normalized spacial score (nSPS) is 13.1. The topological polar surface area (TPSA) is 66.8 Å². The molecule has 9 rings (SSSR count). The Morgan fingerprint density at radius 1 is 0.412 bits per heavy atom. The third-order valence-electron chi connectivity index (χ3n) is 9.99. The maximum absolute atomic E-state index is 6.45. The first-order chi connectivity index (χ1) is 25.2. The van der Waals surface area contributed by atoms with Gasteiger partial charge in [-0.2, -0.15) is 0 Å². The molecule has 3 heterocycles. The van der Waals surface area contributed by atoms with Crippen LogP contribution >= 0.6 is 0 Å². The summed E-state index contributed by atoms with van der Waals surface area (Å²) in [7, 11) is 0. The summed E-state index contributed by atoms with van der Waals surface area (Å²) in [6.07, 6.45) is 12.0. The van der Waals surface area contributed by atoms with Crippen LogP contribution in [0.15, 0.2) is 187 Å². The third kappa shape index (κ3) is 5.10. The van der Waals surface area contributed by atoms with Crippen LogP contribution in [-0.2, 0) is 13.1 Å². The van der Waals surface area contributed by atoms with E-state index in [1.165, 1.54) is 65.4 Å². The molecule has 0 atom stereocenters. The van der Waals surface area contributed by atoms with Crippen LogP contribution in [0.4, 0.5) is 0 Å². The molecule has 0 saturated heterocycles. The number of nitrogens with zero attached hydrogens (tertiary/aromatic N) is 3. The highest BCUT2D eigenvalue weighted by molar-refractivity contribution is 6.23. The first-order valence-electron chi connectivity index (χ1n) is 17.4. The average molecular weight is 660 g/mol. The monoisotopic (exact) mass is 659 g/mol. The number of aromatic nitrogens is 3. The summed E-state index contributed by atoms with van der Waals surface area (Å²) in [6.45, 7) is 1.40. The van der Waals surface area contributed by atoms with E-state index in [-0.39, 0.29) is 0 Å². The van der Waals surface area contributed by atoms with Crippen LogP contribution in [0.2, 0.25) is 0 Å². The smallest absolute Gasteiger partial charge is 0.0785 e. The second kappa shape index (κ2) is 12.6. The first-order valence-corrected chi connectivity index (χ1v) is 17.4. The fraction of sp³-hybridized carbons (Fsp3) is 0.0435. The Labute approximate surface area is 295 Å². The largest absolute Gasteiger partial charge is 0.397 e. The minimum absolute atomic E-state index is 0.529. The fourth-order valence-corrected chi connectivity index (χ4v) is 7.69. The molecular weight excluding hydrogens is 623 g/mol. The quantitative estimate of drug-likeness (QED) is 0.159. The van der Waals surface area contributed by atoms with Gasteiger partial charge in [-0.3, -0.25) is 0 Å². The predicted octanol–water partition coefficient (Wildman–Crippen LogP) is 10.5. The van der Waals surface area contributed by atoms with Crippen LogP contribution in [-0.4, -0.2) is 13.7 Å². The van der Waals surface area contributed by atoms with Gasteiger partial charge in [0, 0.05) is 67.6 Å². The second-order valence-electron chi connectivity index (χ2n) is 12.9. The number of hydrogen-bond acceptors (Lipinski definition) is 2. The summed E-state index contributed by atoms with van der Waals surface area (Å²) in [5, 5.41) is 7.48. The van der Waals surface area contributed by atoms with Gasteiger partial charge < -0.3 is 25.2 Å². The molecule has 6 aromatic carbocycles. The molecule has 5 heteroatoms. The van der Waals surface area contributed by atoms with Gasteiger partial charge in [0.15, 0.2) is 0 Å². The fourth-order valence-electron chi connectivity index (χ4n) is 7.69. The van der Waals surface area contributed by atoms with E-state index in [1.807, 2.05) is 24.3 Å². The minimum atomic E-state index is 0.529. The maximum Gasteiger partial charge on any atom is 0.0785 e. The predicted molar refractivity (Wildman–Crippen MR) is 216 cm³/mol. The molecule has 3 aromatic heterocycles. The number of allylic oxidation sites excluding steroid dienone is 6. The van der Waals surface area contributed by atoms with Gasteiger partial charge in [-0.1, -0.05) is 127 Å². The highest BCUT2D eigenvalue weighted by atomic mass is 15.0. The molecule has 5 nitrogen and oxygen atoms in total. The molecule has 0 fully saturated rings. The lowest BCUT2D eigenvalue weighted by atomic mass is 10.1. The van der Waals surface area contributed by atoms with Crippen molar-refractivity contribution in [2.75, 3.05) is 0 Å². The standard InChI is InChI=1S/C46H37N5/c47-39(22-12-14-30-49-41-24-8-4-18-33(41)34-19-5-9-25-42(34)49)40(48)23-13-15-31-50-43-26-10-6-20-35(43)37-28-29-38-36-21-7-11-27-44(36)51(46(38)45(37)50)32-16-2-1-3-17-32/h1-29H,30-31,47-48H2/b14-12-,15-13-,39-22-,40-23-. The molecule has 51 heavy (non-hydrogen) atoms. The first kappa shape index (κ1) is 30.3. The van der Waals surface area contributed by atoms with Crippen LogP contribution in [0.25, 0.3) is 71.1 Å². The minimum Gasteiger partial charge on any atom is -0.397 e. The van der Waals surface area contributed by atoms with Crippen LogP contribution < -0.4 is 11.5 Å². The highest BCUT2D eigenvalue weighted by Crippen LogP contribution is 2.40. The van der Waals surface area contributed by atoms with E-state index in [1.54, 1.807) is 0 Å². The van der Waals surface area contributed by atoms with Crippen LogP contribution in [0.3, 0.4) is 0 Å². The summed E-state index contributed by atoms with van der Waals surface area (Å²) in [6, 6.07) is 49.6. The molecule has 0 amide bonds. The average Bonchev–Trinajstić information content (AvgIpc) is 3.81. The zero-order chi connectivity index (χ0) is 34.3. The summed E-state index contributed by atoms with van der Waals surface area (Å²) in [5.74, 6) is 0. The molecule has 0 bridgehead atoms. The molecule has 0 radical (unpaired) electrons. The Morgan fingerprint density at radius 2 is 0.824 bits per heavy atom. The van der Waals surface area contributed by atoms with E-state index in [0.29, 0.717) is 17.9 Å². The van der Waals surface area contributed by atoms with Gasteiger partial charge in [-0.25, -0.2) is 0 Å². The Balaban J connectivity index is 1.03. The van der Waals surface area contributed by atoms with Gasteiger partial charge in [0.2, 0.25) is 0 Å². The van der Waals surface area contributed by atoms with Crippen molar-refractivity contribution < 1.29 is 0 Å². The van der Waals surface area contributed by atoms with E-state index in [2.05, 4.69) is 165 Å². The molecule has 0 aliphatic carbocycles. The Kier molecular flexibility index (Phi) is 7.51. The van der Waals surface area contributed by atoms with E-state index in [0.717, 1.165) is 12.2 Å². The number of fused-ring (bicyclic) bond motifs is 10. The van der Waals surface area contributed by atoms with Gasteiger partial charge >= 0.3 is 0 Å². The lowest BCUT2D eigenvalue weighted by Crippen LogP contribution is -2.08. The van der Waals surface area contributed by atoms with Crippen LogP contribution in [0.1, 0.15) is 0 Å². The number of para-hydroxylation sites is 5. The third-order valence-corrected chi connectivity index (χ3v) is 9.99. The molecule has 9 aromatic rings. The molecular formula is C46H37N5. The molecule has 0 saturated carbocycles. The summed E-state index contributed by atoms with van der Waals surface area (Å²) in [5.41, 5.74) is 22.3. The SMILES string of the molecule is NC(=C\C=C/Cn1c2ccccc2c2ccccc21)/C(N)=C/C=C\Cn1c2ccccc2c2ccc3c4ccccc4n(-c4ccccc4)c3c21. The van der Waals surface area contributed by atoms with Crippen molar-refractivity contribution in [1.82, 2.24) is 13.7 Å². The summed E-state index contributed by atoms with van der Waals surface area (Å²) < 4.78 is 7.15. The maximum atomic E-state index is 6.45. The van der Waals surface area contributed by atoms with Gasteiger partial charge in [-0.15, -0.1) is 0 Å². The van der Waals surface area contributed by atoms with Crippen molar-refractivity contribution in [3.05, 3.63) is 187 Å². The zero-order valence-electron chi connectivity index (χ0n) is 28.2. The van der Waals surface area contributed by atoms with Gasteiger partial charge in [0.1, 0.15) is 0 Å².